The number of benzene rings is 1. The molecule has 2 N–H and O–H groups in total. The van der Waals surface area contributed by atoms with E-state index in [0.29, 0.717) is 24.4 Å². The highest BCUT2D eigenvalue weighted by molar-refractivity contribution is 8.00. The number of nitrogens with zero attached hydrogens (tertiary/aromatic N) is 1. The zero-order chi connectivity index (χ0) is 16.8. The molecule has 5 nitrogen and oxygen atoms in total. The predicted molar refractivity (Wildman–Crippen MR) is 88.6 cm³/mol. The quantitative estimate of drug-likeness (QED) is 0.738. The van der Waals surface area contributed by atoms with Crippen molar-refractivity contribution in [3.8, 4) is 0 Å². The van der Waals surface area contributed by atoms with Crippen LogP contribution in [0.5, 0.6) is 0 Å². The van der Waals surface area contributed by atoms with Crippen LogP contribution in [0.15, 0.2) is 24.3 Å². The Kier molecular flexibility index (Phi) is 6.41. The molecule has 1 atom stereocenters. The molecular formula is C16H23FN3O2S+. The predicted octanol–water partition coefficient (Wildman–Crippen LogP) is 0.0505. The van der Waals surface area contributed by atoms with Crippen molar-refractivity contribution in [2.24, 2.45) is 0 Å². The largest absolute Gasteiger partial charge is 0.350 e. The monoisotopic (exact) mass is 340 g/mol. The minimum Gasteiger partial charge on any atom is -0.350 e. The summed E-state index contributed by atoms with van der Waals surface area (Å²) >= 11 is 1.40. The highest BCUT2D eigenvalue weighted by Gasteiger charge is 2.34. The van der Waals surface area contributed by atoms with Gasteiger partial charge in [-0.1, -0.05) is 18.2 Å². The summed E-state index contributed by atoms with van der Waals surface area (Å²) in [6.07, 6.45) is 0.236. The van der Waals surface area contributed by atoms with Crippen molar-refractivity contribution in [3.63, 3.8) is 0 Å². The summed E-state index contributed by atoms with van der Waals surface area (Å²) in [5.74, 6) is -0.120. The third-order valence-electron chi connectivity index (χ3n) is 3.67. The number of thioether (sulfide) groups is 1. The van der Waals surface area contributed by atoms with Gasteiger partial charge in [-0.2, -0.15) is 0 Å². The summed E-state index contributed by atoms with van der Waals surface area (Å²) in [4.78, 5) is 26.7. The average molecular weight is 340 g/mol. The lowest BCUT2D eigenvalue weighted by Gasteiger charge is -2.24. The topological polar surface area (TPSA) is 53.9 Å². The van der Waals surface area contributed by atoms with Gasteiger partial charge in [-0.15, -0.1) is 11.8 Å². The van der Waals surface area contributed by atoms with Gasteiger partial charge in [-0.25, -0.2) is 4.39 Å². The molecule has 23 heavy (non-hydrogen) atoms. The van der Waals surface area contributed by atoms with Crippen LogP contribution in [0.25, 0.3) is 0 Å². The standard InChI is InChI=1S/C16H22FN3O2S/c1-19(2)10-8-18-14(21)7-9-20-15(22)11-23-16(20)12-5-3-4-6-13(12)17/h3-6,16H,7-11H2,1-2H3,(H,18,21)/p+1/t16-/m1/s1. The Morgan fingerprint density at radius 3 is 2.87 bits per heavy atom. The van der Waals surface area contributed by atoms with Crippen LogP contribution in [0.1, 0.15) is 17.4 Å². The highest BCUT2D eigenvalue weighted by Crippen LogP contribution is 2.39. The van der Waals surface area contributed by atoms with Crippen molar-refractivity contribution in [3.05, 3.63) is 35.6 Å². The van der Waals surface area contributed by atoms with Crippen LogP contribution in [-0.2, 0) is 9.59 Å². The van der Waals surface area contributed by atoms with E-state index < -0.39 is 0 Å². The van der Waals surface area contributed by atoms with E-state index in [1.807, 2.05) is 14.1 Å². The van der Waals surface area contributed by atoms with Crippen molar-refractivity contribution in [2.75, 3.05) is 39.5 Å². The maximum Gasteiger partial charge on any atom is 0.233 e. The van der Waals surface area contributed by atoms with E-state index in [1.165, 1.54) is 22.7 Å². The van der Waals surface area contributed by atoms with Crippen molar-refractivity contribution in [1.29, 1.82) is 0 Å². The Morgan fingerprint density at radius 2 is 2.17 bits per heavy atom. The normalized spacial score (nSPS) is 17.8. The Balaban J connectivity index is 1.91. The van der Waals surface area contributed by atoms with Crippen LogP contribution in [0.2, 0.25) is 0 Å². The highest BCUT2D eigenvalue weighted by atomic mass is 32.2. The van der Waals surface area contributed by atoms with Crippen LogP contribution in [0.3, 0.4) is 0 Å². The smallest absolute Gasteiger partial charge is 0.233 e. The molecule has 1 heterocycles. The third-order valence-corrected chi connectivity index (χ3v) is 4.90. The number of amides is 2. The summed E-state index contributed by atoms with van der Waals surface area (Å²) in [5.41, 5.74) is 0.500. The van der Waals surface area contributed by atoms with Crippen LogP contribution in [0.4, 0.5) is 4.39 Å². The van der Waals surface area contributed by atoms with E-state index in [2.05, 4.69) is 5.32 Å². The molecule has 0 saturated carbocycles. The fraction of sp³-hybridized carbons (Fsp3) is 0.500. The minimum atomic E-state index is -0.345. The van der Waals surface area contributed by atoms with Gasteiger partial charge in [0.1, 0.15) is 11.2 Å². The minimum absolute atomic E-state index is 0.0474. The van der Waals surface area contributed by atoms with Gasteiger partial charge < -0.3 is 15.1 Å². The first-order valence-electron chi connectivity index (χ1n) is 7.70. The lowest BCUT2D eigenvalue weighted by Crippen LogP contribution is -3.06. The molecule has 0 aliphatic carbocycles. The first kappa shape index (κ1) is 17.7. The van der Waals surface area contributed by atoms with Crippen molar-refractivity contribution in [2.45, 2.75) is 11.8 Å². The van der Waals surface area contributed by atoms with Gasteiger partial charge in [0.05, 0.1) is 32.9 Å². The van der Waals surface area contributed by atoms with E-state index in [-0.39, 0.29) is 29.4 Å². The van der Waals surface area contributed by atoms with Gasteiger partial charge in [0, 0.05) is 18.5 Å². The second kappa shape index (κ2) is 8.31. The van der Waals surface area contributed by atoms with E-state index in [9.17, 15) is 14.0 Å². The zero-order valence-corrected chi connectivity index (χ0v) is 14.3. The molecule has 0 aromatic heterocycles. The maximum absolute atomic E-state index is 14.0. The molecule has 7 heteroatoms. The molecule has 1 aliphatic rings. The van der Waals surface area contributed by atoms with Crippen LogP contribution in [-0.4, -0.2) is 56.2 Å². The molecule has 0 radical (unpaired) electrons. The lowest BCUT2D eigenvalue weighted by molar-refractivity contribution is -0.856. The Bertz CT molecular complexity index is 568. The molecule has 1 aromatic carbocycles. The molecule has 126 valence electrons. The second-order valence-electron chi connectivity index (χ2n) is 5.83. The fourth-order valence-corrected chi connectivity index (χ4v) is 3.63. The summed E-state index contributed by atoms with van der Waals surface area (Å²) in [6.45, 7) is 1.77. The Labute approximate surface area is 140 Å². The van der Waals surface area contributed by atoms with Crippen LogP contribution >= 0.6 is 11.8 Å². The van der Waals surface area contributed by atoms with Crippen molar-refractivity contribution in [1.82, 2.24) is 10.2 Å². The SMILES string of the molecule is C[NH+](C)CCNC(=O)CCN1C(=O)CS[C@@H]1c1ccccc1F. The summed E-state index contributed by atoms with van der Waals surface area (Å²) in [7, 11) is 4.04. The lowest BCUT2D eigenvalue weighted by atomic mass is 10.2. The number of likely N-dealkylation sites (N-methyl/N-ethyl adjacent to an activating group) is 1. The summed E-state index contributed by atoms with van der Waals surface area (Å²) in [6, 6.07) is 6.48. The van der Waals surface area contributed by atoms with E-state index in [0.717, 1.165) is 6.54 Å². The Hall–Kier alpha value is -1.60. The van der Waals surface area contributed by atoms with Gasteiger partial charge in [0.2, 0.25) is 11.8 Å². The molecule has 0 bridgehead atoms. The van der Waals surface area contributed by atoms with Gasteiger partial charge in [-0.05, 0) is 6.07 Å². The molecule has 1 saturated heterocycles. The van der Waals surface area contributed by atoms with Crippen LogP contribution in [0, 0.1) is 5.82 Å². The van der Waals surface area contributed by atoms with E-state index in [1.54, 1.807) is 23.1 Å². The summed E-state index contributed by atoms with van der Waals surface area (Å²) in [5, 5.41) is 2.50. The van der Waals surface area contributed by atoms with Crippen molar-refractivity contribution < 1.29 is 18.9 Å². The van der Waals surface area contributed by atoms with Gasteiger partial charge in [0.15, 0.2) is 0 Å². The first-order chi connectivity index (χ1) is 11.0. The molecule has 1 fully saturated rings. The van der Waals surface area contributed by atoms with Gasteiger partial charge >= 0.3 is 0 Å². The number of halogens is 1. The number of rotatable bonds is 7. The third kappa shape index (κ3) is 4.94. The maximum atomic E-state index is 14.0. The first-order valence-corrected chi connectivity index (χ1v) is 8.75. The van der Waals surface area contributed by atoms with E-state index >= 15 is 0 Å². The van der Waals surface area contributed by atoms with Crippen LogP contribution < -0.4 is 10.2 Å². The fourth-order valence-electron chi connectivity index (χ4n) is 2.39. The molecule has 2 amide bonds. The molecule has 1 aliphatic heterocycles. The summed E-state index contributed by atoms with van der Waals surface area (Å²) < 4.78 is 14.0. The van der Waals surface area contributed by atoms with Crippen molar-refractivity contribution >= 4 is 23.6 Å². The Morgan fingerprint density at radius 1 is 1.43 bits per heavy atom. The number of carbonyl (C=O) groups excluding carboxylic acids is 2. The van der Waals surface area contributed by atoms with E-state index in [4.69, 9.17) is 0 Å². The zero-order valence-electron chi connectivity index (χ0n) is 13.5. The number of hydrogen-bond acceptors (Lipinski definition) is 3. The number of hydrogen-bond donors (Lipinski definition) is 2. The van der Waals surface area contributed by atoms with Gasteiger partial charge in [0.25, 0.3) is 0 Å². The molecule has 0 spiro atoms. The molecular weight excluding hydrogens is 317 g/mol. The second-order valence-corrected chi connectivity index (χ2v) is 6.90. The molecule has 2 rings (SSSR count). The molecule has 0 unspecified atom stereocenters. The number of carbonyl (C=O) groups is 2. The van der Waals surface area contributed by atoms with Gasteiger partial charge in [-0.3, -0.25) is 9.59 Å². The average Bonchev–Trinajstić information content (AvgIpc) is 2.86. The number of nitrogens with one attached hydrogen (secondary N) is 2. The molecule has 1 aromatic rings. The number of quaternary nitrogens is 1.